The second kappa shape index (κ2) is 6.29. The van der Waals surface area contributed by atoms with Crippen LogP contribution in [0.2, 0.25) is 6.04 Å². The zero-order valence-electron chi connectivity index (χ0n) is 9.62. The van der Waals surface area contributed by atoms with Crippen molar-refractivity contribution < 1.29 is 18.1 Å². The van der Waals surface area contributed by atoms with Crippen LogP contribution < -0.4 is 0 Å². The Hall–Kier alpha value is -0.233. The minimum Gasteiger partial charge on any atom is -0.377 e. The Labute approximate surface area is 86.9 Å². The smallest absolute Gasteiger partial charge is 0.377 e. The van der Waals surface area contributed by atoms with Gasteiger partial charge in [-0.3, -0.25) is 4.79 Å². The standard InChI is InChI=1S/C9H20O4Si/c1-6-8(2)9(10)7-14(11-3,12-4)13-5/h8H,6-7H2,1-5H3. The molecule has 0 rings (SSSR count). The van der Waals surface area contributed by atoms with Crippen LogP contribution in [0.4, 0.5) is 0 Å². The number of Topliss-reactive ketones (excluding diaryl/α,β-unsaturated/α-hetero) is 1. The average molecular weight is 220 g/mol. The Balaban J connectivity index is 4.37. The number of rotatable bonds is 7. The maximum absolute atomic E-state index is 11.7. The first-order valence-corrected chi connectivity index (χ1v) is 6.66. The summed E-state index contributed by atoms with van der Waals surface area (Å²) in [5.74, 6) is 0.187. The highest BCUT2D eigenvalue weighted by atomic mass is 28.4. The quantitative estimate of drug-likeness (QED) is 0.610. The van der Waals surface area contributed by atoms with E-state index in [0.717, 1.165) is 6.42 Å². The Bertz CT molecular complexity index is 171. The second-order valence-corrected chi connectivity index (χ2v) is 6.19. The molecule has 0 aliphatic rings. The zero-order valence-corrected chi connectivity index (χ0v) is 10.6. The van der Waals surface area contributed by atoms with E-state index in [1.54, 1.807) is 0 Å². The molecule has 0 aromatic heterocycles. The lowest BCUT2D eigenvalue weighted by molar-refractivity contribution is -0.121. The molecule has 1 unspecified atom stereocenters. The van der Waals surface area contributed by atoms with Gasteiger partial charge in [0.05, 0.1) is 6.04 Å². The fourth-order valence-electron chi connectivity index (χ4n) is 1.08. The molecule has 0 fully saturated rings. The van der Waals surface area contributed by atoms with E-state index in [-0.39, 0.29) is 17.7 Å². The molecule has 4 nitrogen and oxygen atoms in total. The summed E-state index contributed by atoms with van der Waals surface area (Å²) >= 11 is 0. The Morgan fingerprint density at radius 3 is 1.93 bits per heavy atom. The molecule has 0 spiro atoms. The molecule has 84 valence electrons. The fraction of sp³-hybridized carbons (Fsp3) is 0.889. The van der Waals surface area contributed by atoms with Gasteiger partial charge in [-0.15, -0.1) is 0 Å². The highest BCUT2D eigenvalue weighted by Crippen LogP contribution is 2.17. The van der Waals surface area contributed by atoms with Crippen LogP contribution in [0.3, 0.4) is 0 Å². The molecule has 0 aliphatic heterocycles. The molecule has 1 atom stereocenters. The molecule has 0 amide bonds. The molecule has 0 radical (unpaired) electrons. The van der Waals surface area contributed by atoms with E-state index in [4.69, 9.17) is 13.3 Å². The van der Waals surface area contributed by atoms with Crippen molar-refractivity contribution in [2.24, 2.45) is 5.92 Å². The Kier molecular flexibility index (Phi) is 6.18. The minimum absolute atomic E-state index is 0.0438. The number of hydrogen-bond acceptors (Lipinski definition) is 4. The van der Waals surface area contributed by atoms with Gasteiger partial charge in [-0.1, -0.05) is 13.8 Å². The fourth-order valence-corrected chi connectivity index (χ4v) is 2.79. The summed E-state index contributed by atoms with van der Waals surface area (Å²) in [6.07, 6.45) is 0.834. The minimum atomic E-state index is -2.71. The van der Waals surface area contributed by atoms with Crippen LogP contribution in [0.1, 0.15) is 20.3 Å². The summed E-state index contributed by atoms with van der Waals surface area (Å²) in [6.45, 7) is 3.89. The molecule has 0 saturated carbocycles. The van der Waals surface area contributed by atoms with Gasteiger partial charge in [0.2, 0.25) is 0 Å². The van der Waals surface area contributed by atoms with Crippen molar-refractivity contribution in [1.29, 1.82) is 0 Å². The summed E-state index contributed by atoms with van der Waals surface area (Å²) in [6, 6.07) is 0.255. The predicted octanol–water partition coefficient (Wildman–Crippen LogP) is 1.48. The molecular weight excluding hydrogens is 200 g/mol. The van der Waals surface area contributed by atoms with Crippen molar-refractivity contribution in [3.63, 3.8) is 0 Å². The molecule has 0 aromatic carbocycles. The first kappa shape index (κ1) is 13.8. The van der Waals surface area contributed by atoms with Gasteiger partial charge in [-0.2, -0.15) is 0 Å². The Morgan fingerprint density at radius 1 is 1.21 bits per heavy atom. The zero-order chi connectivity index (χ0) is 11.2. The topological polar surface area (TPSA) is 44.8 Å². The molecule has 0 bridgehead atoms. The van der Waals surface area contributed by atoms with Crippen LogP contribution in [0, 0.1) is 5.92 Å². The lowest BCUT2D eigenvalue weighted by Gasteiger charge is -2.24. The SMILES string of the molecule is CCC(C)C(=O)C[Si](OC)(OC)OC. The van der Waals surface area contributed by atoms with Gasteiger partial charge in [-0.25, -0.2) is 0 Å². The molecule has 0 N–H and O–H groups in total. The monoisotopic (exact) mass is 220 g/mol. The third-order valence-electron chi connectivity index (χ3n) is 2.49. The summed E-state index contributed by atoms with van der Waals surface area (Å²) in [5.41, 5.74) is 0. The van der Waals surface area contributed by atoms with Crippen LogP contribution >= 0.6 is 0 Å². The van der Waals surface area contributed by atoms with Crippen molar-refractivity contribution in [2.45, 2.75) is 26.3 Å². The van der Waals surface area contributed by atoms with E-state index >= 15 is 0 Å². The predicted molar refractivity (Wildman–Crippen MR) is 56.1 cm³/mol. The third kappa shape index (κ3) is 3.49. The molecule has 0 saturated heterocycles. The summed E-state index contributed by atoms with van der Waals surface area (Å²) < 4.78 is 15.5. The largest absolute Gasteiger partial charge is 0.507 e. The average Bonchev–Trinajstić information content (AvgIpc) is 2.24. The van der Waals surface area contributed by atoms with Crippen LogP contribution in [-0.4, -0.2) is 35.9 Å². The molecule has 0 aliphatic carbocycles. The summed E-state index contributed by atoms with van der Waals surface area (Å²) in [4.78, 5) is 11.7. The summed E-state index contributed by atoms with van der Waals surface area (Å²) in [7, 11) is 1.84. The van der Waals surface area contributed by atoms with Crippen LogP contribution in [0.5, 0.6) is 0 Å². The van der Waals surface area contributed by atoms with Crippen LogP contribution in [0.25, 0.3) is 0 Å². The third-order valence-corrected chi connectivity index (χ3v) is 5.13. The van der Waals surface area contributed by atoms with Crippen molar-refractivity contribution in [1.82, 2.24) is 0 Å². The lowest BCUT2D eigenvalue weighted by Crippen LogP contribution is -2.45. The van der Waals surface area contributed by atoms with Crippen molar-refractivity contribution in [2.75, 3.05) is 21.3 Å². The Morgan fingerprint density at radius 2 is 1.64 bits per heavy atom. The molecule has 0 heterocycles. The lowest BCUT2D eigenvalue weighted by atomic mass is 10.1. The van der Waals surface area contributed by atoms with Gasteiger partial charge in [-0.05, 0) is 6.42 Å². The first-order valence-electron chi connectivity index (χ1n) is 4.73. The van der Waals surface area contributed by atoms with E-state index in [1.807, 2.05) is 13.8 Å². The van der Waals surface area contributed by atoms with E-state index in [1.165, 1.54) is 21.3 Å². The maximum Gasteiger partial charge on any atom is 0.507 e. The van der Waals surface area contributed by atoms with E-state index in [2.05, 4.69) is 0 Å². The molecule has 5 heteroatoms. The highest BCUT2D eigenvalue weighted by molar-refractivity contribution is 6.64. The normalized spacial score (nSPS) is 14.1. The van der Waals surface area contributed by atoms with Crippen molar-refractivity contribution in [3.8, 4) is 0 Å². The number of carbonyl (C=O) groups excluding carboxylic acids is 1. The van der Waals surface area contributed by atoms with Gasteiger partial charge >= 0.3 is 8.80 Å². The summed E-state index contributed by atoms with van der Waals surface area (Å²) in [5, 5.41) is 0. The maximum atomic E-state index is 11.7. The highest BCUT2D eigenvalue weighted by Gasteiger charge is 2.41. The van der Waals surface area contributed by atoms with Crippen LogP contribution in [0.15, 0.2) is 0 Å². The van der Waals surface area contributed by atoms with E-state index < -0.39 is 8.80 Å². The van der Waals surface area contributed by atoms with Crippen LogP contribution in [-0.2, 0) is 18.1 Å². The van der Waals surface area contributed by atoms with Gasteiger partial charge in [0, 0.05) is 27.2 Å². The first-order chi connectivity index (χ1) is 6.55. The second-order valence-electron chi connectivity index (χ2n) is 3.25. The number of hydrogen-bond donors (Lipinski definition) is 0. The number of carbonyl (C=O) groups is 1. The van der Waals surface area contributed by atoms with E-state index in [9.17, 15) is 4.79 Å². The van der Waals surface area contributed by atoms with Gasteiger partial charge < -0.3 is 13.3 Å². The van der Waals surface area contributed by atoms with Gasteiger partial charge in [0.25, 0.3) is 0 Å². The molecule has 14 heavy (non-hydrogen) atoms. The van der Waals surface area contributed by atoms with E-state index in [0.29, 0.717) is 0 Å². The van der Waals surface area contributed by atoms with Gasteiger partial charge in [0.1, 0.15) is 5.78 Å². The molecule has 0 aromatic rings. The van der Waals surface area contributed by atoms with Crippen molar-refractivity contribution >= 4 is 14.6 Å². The number of ketones is 1. The van der Waals surface area contributed by atoms with Crippen molar-refractivity contribution in [3.05, 3.63) is 0 Å². The molecular formula is C9H20O4Si. The van der Waals surface area contributed by atoms with Gasteiger partial charge in [0.15, 0.2) is 0 Å².